The fourth-order valence-electron chi connectivity index (χ4n) is 3.79. The van der Waals surface area contributed by atoms with Crippen molar-refractivity contribution >= 4 is 11.6 Å². The second-order valence-corrected chi connectivity index (χ2v) is 7.69. The van der Waals surface area contributed by atoms with Crippen LogP contribution in [0.5, 0.6) is 5.75 Å². The quantitative estimate of drug-likeness (QED) is 0.644. The molecule has 1 saturated carbocycles. The maximum absolute atomic E-state index is 6.47. The van der Waals surface area contributed by atoms with Crippen LogP contribution in [0, 0.1) is 0 Å². The SMILES string of the molecule is CCOc1ccc(Cc2cc(C3CCCC4(CC4)O3)ccc2Cl)cc1. The lowest BCUT2D eigenvalue weighted by Crippen LogP contribution is -2.23. The summed E-state index contributed by atoms with van der Waals surface area (Å²) in [5, 5.41) is 0.828. The molecule has 3 heteroatoms. The first-order valence-electron chi connectivity index (χ1n) is 9.35. The highest BCUT2D eigenvalue weighted by Crippen LogP contribution is 2.51. The van der Waals surface area contributed by atoms with E-state index in [1.54, 1.807) is 0 Å². The first kappa shape index (κ1) is 16.9. The molecular weight excluding hydrogens is 332 g/mol. The van der Waals surface area contributed by atoms with Gasteiger partial charge in [-0.1, -0.05) is 35.9 Å². The average Bonchev–Trinajstić information content (AvgIpc) is 3.37. The predicted molar refractivity (Wildman–Crippen MR) is 102 cm³/mol. The number of rotatable bonds is 5. The Hall–Kier alpha value is -1.51. The van der Waals surface area contributed by atoms with Crippen molar-refractivity contribution in [3.63, 3.8) is 0 Å². The van der Waals surface area contributed by atoms with Crippen molar-refractivity contribution in [2.45, 2.75) is 57.2 Å². The number of hydrogen-bond acceptors (Lipinski definition) is 2. The Morgan fingerprint density at radius 3 is 2.64 bits per heavy atom. The standard InChI is InChI=1S/C22H25ClO2/c1-2-24-19-8-5-16(6-9-19)14-18-15-17(7-10-20(18)23)21-4-3-11-22(25-21)12-13-22/h5-10,15,21H,2-4,11-14H2,1H3. The van der Waals surface area contributed by atoms with Crippen molar-refractivity contribution in [2.75, 3.05) is 6.61 Å². The molecule has 2 aliphatic rings. The van der Waals surface area contributed by atoms with Crippen molar-refractivity contribution in [3.05, 3.63) is 64.2 Å². The Morgan fingerprint density at radius 1 is 1.12 bits per heavy atom. The summed E-state index contributed by atoms with van der Waals surface area (Å²) >= 11 is 6.47. The van der Waals surface area contributed by atoms with Gasteiger partial charge in [-0.3, -0.25) is 0 Å². The molecule has 2 aromatic carbocycles. The molecule has 1 saturated heterocycles. The van der Waals surface area contributed by atoms with E-state index in [1.807, 2.05) is 25.1 Å². The van der Waals surface area contributed by atoms with Gasteiger partial charge in [0.15, 0.2) is 0 Å². The third kappa shape index (κ3) is 3.86. The zero-order chi connectivity index (χ0) is 17.3. The van der Waals surface area contributed by atoms with Gasteiger partial charge >= 0.3 is 0 Å². The molecule has 0 N–H and O–H groups in total. The van der Waals surface area contributed by atoms with E-state index in [0.717, 1.165) is 23.6 Å². The van der Waals surface area contributed by atoms with Crippen LogP contribution in [0.25, 0.3) is 0 Å². The number of benzene rings is 2. The number of halogens is 1. The van der Waals surface area contributed by atoms with Crippen molar-refractivity contribution in [2.24, 2.45) is 0 Å². The summed E-state index contributed by atoms with van der Waals surface area (Å²) < 4.78 is 11.9. The maximum atomic E-state index is 6.47. The Bertz CT molecular complexity index is 734. The second-order valence-electron chi connectivity index (χ2n) is 7.29. The van der Waals surface area contributed by atoms with E-state index >= 15 is 0 Å². The van der Waals surface area contributed by atoms with E-state index in [1.165, 1.54) is 42.4 Å². The monoisotopic (exact) mass is 356 g/mol. The van der Waals surface area contributed by atoms with E-state index in [9.17, 15) is 0 Å². The zero-order valence-electron chi connectivity index (χ0n) is 14.8. The summed E-state index contributed by atoms with van der Waals surface area (Å²) in [5.74, 6) is 0.913. The Balaban J connectivity index is 1.51. The molecule has 1 atom stereocenters. The molecule has 1 unspecified atom stereocenters. The lowest BCUT2D eigenvalue weighted by molar-refractivity contribution is -0.0692. The van der Waals surface area contributed by atoms with Gasteiger partial charge in [-0.15, -0.1) is 0 Å². The minimum absolute atomic E-state index is 0.206. The normalized spacial score (nSPS) is 21.3. The van der Waals surface area contributed by atoms with Crippen molar-refractivity contribution in [1.82, 2.24) is 0 Å². The van der Waals surface area contributed by atoms with E-state index in [2.05, 4.69) is 24.3 Å². The van der Waals surface area contributed by atoms with Crippen LogP contribution in [0.2, 0.25) is 5.02 Å². The van der Waals surface area contributed by atoms with E-state index in [-0.39, 0.29) is 11.7 Å². The first-order chi connectivity index (χ1) is 12.2. The molecule has 1 aliphatic carbocycles. The van der Waals surface area contributed by atoms with Crippen molar-refractivity contribution in [1.29, 1.82) is 0 Å². The van der Waals surface area contributed by atoms with Gasteiger partial charge in [0.25, 0.3) is 0 Å². The molecule has 1 aliphatic heterocycles. The highest BCUT2D eigenvalue weighted by atomic mass is 35.5. The molecule has 2 aromatic rings. The Labute approximate surface area is 155 Å². The summed E-state index contributed by atoms with van der Waals surface area (Å²) in [6, 6.07) is 14.7. The molecule has 0 radical (unpaired) electrons. The number of hydrogen-bond donors (Lipinski definition) is 0. The Kier molecular flexibility index (Phi) is 4.75. The largest absolute Gasteiger partial charge is 0.494 e. The summed E-state index contributed by atoms with van der Waals surface area (Å²) in [5.41, 5.74) is 3.89. The molecule has 25 heavy (non-hydrogen) atoms. The molecule has 1 spiro atoms. The lowest BCUT2D eigenvalue weighted by Gasteiger charge is -2.31. The molecule has 4 rings (SSSR count). The van der Waals surface area contributed by atoms with Gasteiger partial charge < -0.3 is 9.47 Å². The molecule has 0 bridgehead atoms. The van der Waals surface area contributed by atoms with Crippen LogP contribution in [0.3, 0.4) is 0 Å². The molecule has 2 fully saturated rings. The van der Waals surface area contributed by atoms with Gasteiger partial charge in [0.05, 0.1) is 18.3 Å². The summed E-state index contributed by atoms with van der Waals surface area (Å²) in [6.07, 6.45) is 7.14. The van der Waals surface area contributed by atoms with Gasteiger partial charge in [0.2, 0.25) is 0 Å². The summed E-state index contributed by atoms with van der Waals surface area (Å²) in [7, 11) is 0. The third-order valence-electron chi connectivity index (χ3n) is 5.37. The maximum Gasteiger partial charge on any atom is 0.119 e. The smallest absolute Gasteiger partial charge is 0.119 e. The molecule has 2 nitrogen and oxygen atoms in total. The minimum Gasteiger partial charge on any atom is -0.494 e. The zero-order valence-corrected chi connectivity index (χ0v) is 15.5. The predicted octanol–water partition coefficient (Wildman–Crippen LogP) is 6.10. The fourth-order valence-corrected chi connectivity index (χ4v) is 3.98. The topological polar surface area (TPSA) is 18.5 Å². The minimum atomic E-state index is 0.206. The van der Waals surface area contributed by atoms with Crippen LogP contribution in [-0.2, 0) is 11.2 Å². The van der Waals surface area contributed by atoms with Gasteiger partial charge in [-0.25, -0.2) is 0 Å². The van der Waals surface area contributed by atoms with Gasteiger partial charge in [0, 0.05) is 5.02 Å². The molecule has 1 heterocycles. The fraction of sp³-hybridized carbons (Fsp3) is 0.455. The van der Waals surface area contributed by atoms with Gasteiger partial charge in [-0.2, -0.15) is 0 Å². The third-order valence-corrected chi connectivity index (χ3v) is 5.74. The average molecular weight is 357 g/mol. The van der Waals surface area contributed by atoms with Crippen LogP contribution >= 0.6 is 11.6 Å². The highest BCUT2D eigenvalue weighted by molar-refractivity contribution is 6.31. The van der Waals surface area contributed by atoms with E-state index in [4.69, 9.17) is 21.1 Å². The first-order valence-corrected chi connectivity index (χ1v) is 9.73. The molecule has 0 aromatic heterocycles. The van der Waals surface area contributed by atoms with Crippen LogP contribution in [-0.4, -0.2) is 12.2 Å². The lowest BCUT2D eigenvalue weighted by atomic mass is 9.95. The van der Waals surface area contributed by atoms with Crippen molar-refractivity contribution in [3.8, 4) is 5.75 Å². The molecular formula is C22H25ClO2. The van der Waals surface area contributed by atoms with Crippen molar-refractivity contribution < 1.29 is 9.47 Å². The summed E-state index contributed by atoms with van der Waals surface area (Å²) in [4.78, 5) is 0. The van der Waals surface area contributed by atoms with Crippen LogP contribution < -0.4 is 4.74 Å². The Morgan fingerprint density at radius 2 is 1.92 bits per heavy atom. The van der Waals surface area contributed by atoms with Gasteiger partial charge in [-0.05, 0) is 80.3 Å². The molecule has 132 valence electrons. The van der Waals surface area contributed by atoms with E-state index < -0.39 is 0 Å². The summed E-state index contributed by atoms with van der Waals surface area (Å²) in [6.45, 7) is 2.69. The van der Waals surface area contributed by atoms with Crippen LogP contribution in [0.1, 0.15) is 61.8 Å². The second kappa shape index (κ2) is 7.01. The van der Waals surface area contributed by atoms with Gasteiger partial charge in [0.1, 0.15) is 5.75 Å². The molecule has 0 amide bonds. The highest BCUT2D eigenvalue weighted by Gasteiger charge is 2.47. The number of ether oxygens (including phenoxy) is 2. The van der Waals surface area contributed by atoms with Crippen LogP contribution in [0.15, 0.2) is 42.5 Å². The van der Waals surface area contributed by atoms with Crippen LogP contribution in [0.4, 0.5) is 0 Å². The van der Waals surface area contributed by atoms with E-state index in [0.29, 0.717) is 6.61 Å².